The van der Waals surface area contributed by atoms with Gasteiger partial charge in [0.15, 0.2) is 75.6 Å². The van der Waals surface area contributed by atoms with Crippen LogP contribution in [0.25, 0.3) is 0 Å². The lowest BCUT2D eigenvalue weighted by molar-refractivity contribution is 0.102. The Balaban J connectivity index is 0.000000273. The summed E-state index contributed by atoms with van der Waals surface area (Å²) in [5.74, 6) is -71.3. The van der Waals surface area contributed by atoms with Gasteiger partial charge in [0.1, 0.15) is 58.8 Å². The van der Waals surface area contributed by atoms with Gasteiger partial charge in [0, 0.05) is 5.56 Å². The van der Waals surface area contributed by atoms with Gasteiger partial charge in [-0.3, -0.25) is 4.79 Å². The molecular weight excluding hydrogens is 992 g/mol. The van der Waals surface area contributed by atoms with Crippen LogP contribution < -0.4 is 32.5 Å². The van der Waals surface area contributed by atoms with Crippen molar-refractivity contribution in [1.82, 2.24) is 0 Å². The number of carbonyl (C=O) groups excluding carboxylic acids is 1. The van der Waals surface area contributed by atoms with Gasteiger partial charge in [0.25, 0.3) is 0 Å². The maximum atomic E-state index is 15.4. The van der Waals surface area contributed by atoms with E-state index in [0.717, 1.165) is 0 Å². The molecule has 69 heavy (non-hydrogen) atoms. The number of nitrogens with zero attached hydrogens (tertiary/aromatic N) is 1. The zero-order valence-corrected chi connectivity index (χ0v) is 34.3. The van der Waals surface area contributed by atoms with Crippen LogP contribution in [0.3, 0.4) is 0 Å². The highest BCUT2D eigenvalue weighted by Crippen LogP contribution is 2.35. The van der Waals surface area contributed by atoms with Crippen LogP contribution in [0, 0.1) is 128 Å². The molecule has 7 aromatic carbocycles. The number of halogens is 20. The van der Waals surface area contributed by atoms with Crippen molar-refractivity contribution >= 4 is 52.3 Å². The third kappa shape index (κ3) is 8.55. The molecule has 0 fully saturated rings. The van der Waals surface area contributed by atoms with Gasteiger partial charge in [-0.2, -0.15) is 5.26 Å². The number of benzene rings is 7. The average Bonchev–Trinajstić information content (AvgIpc) is 3.36. The Morgan fingerprint density at radius 1 is 0.362 bits per heavy atom. The number of rotatable bonds is 9. The zero-order chi connectivity index (χ0) is 51.1. The number of ketones is 1. The molecule has 0 amide bonds. The standard InChI is InChI=1S/C24BF20.C21H16NOP/c26-5-1(6(27)14(35)21(42)13(5)34)25(2-7(28)15(36)22(43)16(37)8(2)29,3-9(30)17(38)23(44)18(39)10(3)31)4-11(32)19(40)24(45)20(41)12(4)33;22-15-17-11-13-18(14-12-17)21(23)16-24(19-7-3-1-4-8-19)20-9-5-2-6-10-20/h;1-14H,16H2/q-1;/p+1. The van der Waals surface area contributed by atoms with Crippen molar-refractivity contribution in [3.8, 4) is 6.07 Å². The van der Waals surface area contributed by atoms with Crippen molar-refractivity contribution in [2.75, 3.05) is 6.16 Å². The molecule has 0 aliphatic heterocycles. The van der Waals surface area contributed by atoms with Gasteiger partial charge in [-0.25, -0.2) is 87.8 Å². The summed E-state index contributed by atoms with van der Waals surface area (Å²) >= 11 is 0. The van der Waals surface area contributed by atoms with Crippen molar-refractivity contribution in [3.05, 3.63) is 212 Å². The van der Waals surface area contributed by atoms with E-state index >= 15 is 35.1 Å². The predicted octanol–water partition coefficient (Wildman–Crippen LogP) is 9.45. The number of carbonyl (C=O) groups is 1. The van der Waals surface area contributed by atoms with E-state index in [1.54, 1.807) is 24.3 Å². The molecule has 0 spiro atoms. The summed E-state index contributed by atoms with van der Waals surface area (Å²) < 4.78 is 294. The Kier molecular flexibility index (Phi) is 14.7. The summed E-state index contributed by atoms with van der Waals surface area (Å²) in [6.45, 7) is 0. The fraction of sp³-hybridized carbons (Fsp3) is 0.0222. The van der Waals surface area contributed by atoms with E-state index in [0.29, 0.717) is 17.3 Å². The Hall–Kier alpha value is -7.21. The molecule has 0 heterocycles. The number of Topliss-reactive ketones (excluding diaryl/α,β-unsaturated/α-hetero) is 1. The summed E-state index contributed by atoms with van der Waals surface area (Å²) in [6.07, 6.45) is -6.71. The van der Waals surface area contributed by atoms with Gasteiger partial charge in [0.05, 0.1) is 30.2 Å². The largest absolute Gasteiger partial charge is 0.290 e. The van der Waals surface area contributed by atoms with Crippen LogP contribution in [0.4, 0.5) is 87.8 Å². The summed E-state index contributed by atoms with van der Waals surface area (Å²) in [4.78, 5) is 12.7. The molecule has 0 aliphatic carbocycles. The first kappa shape index (κ1) is 51.2. The molecule has 0 saturated heterocycles. The van der Waals surface area contributed by atoms with E-state index in [-0.39, 0.29) is 5.78 Å². The molecule has 7 rings (SSSR count). The van der Waals surface area contributed by atoms with Crippen LogP contribution in [0.2, 0.25) is 0 Å². The lowest BCUT2D eigenvalue weighted by atomic mass is 9.12. The first-order valence-corrected chi connectivity index (χ1v) is 20.4. The van der Waals surface area contributed by atoms with E-state index in [1.807, 2.05) is 36.4 Å². The minimum atomic E-state index is -7.22. The Morgan fingerprint density at radius 2 is 0.594 bits per heavy atom. The monoisotopic (exact) mass is 1010 g/mol. The highest BCUT2D eigenvalue weighted by molar-refractivity contribution is 7.73. The molecule has 0 N–H and O–H groups in total. The van der Waals surface area contributed by atoms with Gasteiger partial charge in [-0.1, -0.05) is 36.4 Å². The quantitative estimate of drug-likeness (QED) is 0.0362. The smallest absolute Gasteiger partial charge is 0.200 e. The van der Waals surface area contributed by atoms with Crippen molar-refractivity contribution in [3.63, 3.8) is 0 Å². The van der Waals surface area contributed by atoms with E-state index in [9.17, 15) is 57.5 Å². The van der Waals surface area contributed by atoms with Gasteiger partial charge in [-0.15, -0.1) is 21.9 Å². The molecule has 0 aliphatic rings. The molecule has 356 valence electrons. The molecule has 0 unspecified atom stereocenters. The van der Waals surface area contributed by atoms with E-state index in [1.165, 1.54) is 10.6 Å². The molecule has 0 radical (unpaired) electrons. The molecule has 2 nitrogen and oxygen atoms in total. The highest BCUT2D eigenvalue weighted by Gasteiger charge is 2.52. The van der Waals surface area contributed by atoms with Crippen molar-refractivity contribution in [2.24, 2.45) is 0 Å². The first-order valence-electron chi connectivity index (χ1n) is 18.7. The predicted molar refractivity (Wildman–Crippen MR) is 210 cm³/mol. The van der Waals surface area contributed by atoms with Crippen molar-refractivity contribution in [1.29, 1.82) is 5.26 Å². The van der Waals surface area contributed by atoms with Crippen molar-refractivity contribution in [2.45, 2.75) is 0 Å². The van der Waals surface area contributed by atoms with Crippen LogP contribution in [0.1, 0.15) is 15.9 Å². The summed E-state index contributed by atoms with van der Waals surface area (Å²) in [5, 5.41) is 11.3. The Morgan fingerprint density at radius 3 is 0.826 bits per heavy atom. The normalized spacial score (nSPS) is 11.4. The summed E-state index contributed by atoms with van der Waals surface area (Å²) in [7, 11) is -1.18. The topological polar surface area (TPSA) is 40.9 Å². The SMILES string of the molecule is Fc1c(F)c(F)c([B-](c2c(F)c(F)c(F)c(F)c2F)(c2c(F)c(F)c(F)c(F)c2F)c2c(F)c(F)c(F)c(F)c2F)c(F)c1F.N#Cc1ccc(C(=O)C[PH+](c2ccccc2)c2ccccc2)cc1. The average molecular weight is 1010 g/mol. The van der Waals surface area contributed by atoms with Crippen LogP contribution in [-0.2, 0) is 0 Å². The van der Waals surface area contributed by atoms with E-state index in [2.05, 4.69) is 30.3 Å². The molecule has 0 bridgehead atoms. The van der Waals surface area contributed by atoms with Gasteiger partial charge in [-0.05, 0) is 48.5 Å². The molecule has 0 atom stereocenters. The number of hydrogen-bond donors (Lipinski definition) is 0. The highest BCUT2D eigenvalue weighted by atomic mass is 31.1. The third-order valence-electron chi connectivity index (χ3n) is 10.6. The lowest BCUT2D eigenvalue weighted by Crippen LogP contribution is -2.81. The van der Waals surface area contributed by atoms with Gasteiger partial charge in [0.2, 0.25) is 0 Å². The molecule has 0 aromatic heterocycles. The third-order valence-corrected chi connectivity index (χ3v) is 13.4. The Labute approximate surface area is 374 Å². The number of nitriles is 1. The molecule has 7 aromatic rings. The fourth-order valence-electron chi connectivity index (χ4n) is 7.52. The minimum absolute atomic E-state index is 0.126. The van der Waals surface area contributed by atoms with Gasteiger partial charge < -0.3 is 0 Å². The maximum Gasteiger partial charge on any atom is 0.200 e. The lowest BCUT2D eigenvalue weighted by Gasteiger charge is -2.44. The second-order valence-electron chi connectivity index (χ2n) is 14.3. The van der Waals surface area contributed by atoms with Crippen LogP contribution in [0.5, 0.6) is 0 Å². The van der Waals surface area contributed by atoms with Crippen molar-refractivity contribution < 1.29 is 92.6 Å². The summed E-state index contributed by atoms with van der Waals surface area (Å²) in [5.41, 5.74) is -13.1. The molecule has 0 saturated carbocycles. The summed E-state index contributed by atoms with van der Waals surface area (Å²) in [6, 6.07) is 29.5. The second kappa shape index (κ2) is 19.8. The molecule has 24 heteroatoms. The van der Waals surface area contributed by atoms with Crippen LogP contribution in [0.15, 0.2) is 84.9 Å². The van der Waals surface area contributed by atoms with Crippen LogP contribution in [-0.4, -0.2) is 18.1 Å². The van der Waals surface area contributed by atoms with Crippen LogP contribution >= 0.6 is 7.92 Å². The number of hydrogen-bond acceptors (Lipinski definition) is 2. The fourth-order valence-corrected chi connectivity index (χ4v) is 9.97. The van der Waals surface area contributed by atoms with E-state index < -0.39 is 152 Å². The second-order valence-corrected chi connectivity index (χ2v) is 16.8. The maximum absolute atomic E-state index is 15.4. The van der Waals surface area contributed by atoms with Gasteiger partial charge >= 0.3 is 0 Å². The molecular formula is C45H17BF20NOP. The Bertz CT molecular complexity index is 2800. The minimum Gasteiger partial charge on any atom is -0.290 e. The zero-order valence-electron chi connectivity index (χ0n) is 33.3. The first-order chi connectivity index (χ1) is 32.5. The van der Waals surface area contributed by atoms with E-state index in [4.69, 9.17) is 5.26 Å².